The zero-order chi connectivity index (χ0) is 22.5. The first kappa shape index (κ1) is 19.7. The highest BCUT2D eigenvalue weighted by Crippen LogP contribution is 2.54. The van der Waals surface area contributed by atoms with Gasteiger partial charge in [-0.25, -0.2) is 19.9 Å². The zero-order valence-electron chi connectivity index (χ0n) is 18.8. The first-order valence-corrected chi connectivity index (χ1v) is 11.2. The van der Waals surface area contributed by atoms with E-state index in [1.807, 2.05) is 39.2 Å². The molecule has 5 aromatic rings. The molecule has 33 heavy (non-hydrogen) atoms. The number of aromatic nitrogens is 8. The second-order valence-corrected chi connectivity index (χ2v) is 8.67. The number of benzene rings is 1. The lowest BCUT2D eigenvalue weighted by molar-refractivity contribution is 0.731. The van der Waals surface area contributed by atoms with E-state index in [1.54, 1.807) is 4.68 Å². The van der Waals surface area contributed by atoms with E-state index in [1.165, 1.54) is 5.56 Å². The summed E-state index contributed by atoms with van der Waals surface area (Å²) in [6, 6.07) is 14.5. The molecule has 1 saturated carbocycles. The van der Waals surface area contributed by atoms with Crippen molar-refractivity contribution in [1.82, 2.24) is 39.3 Å². The van der Waals surface area contributed by atoms with Gasteiger partial charge in [-0.15, -0.1) is 5.10 Å². The van der Waals surface area contributed by atoms with Crippen molar-refractivity contribution in [3.05, 3.63) is 89.4 Å². The van der Waals surface area contributed by atoms with Crippen LogP contribution in [-0.4, -0.2) is 39.3 Å². The molecule has 1 fully saturated rings. The second kappa shape index (κ2) is 7.58. The van der Waals surface area contributed by atoms with E-state index < -0.39 is 0 Å². The van der Waals surface area contributed by atoms with Gasteiger partial charge in [-0.3, -0.25) is 4.98 Å². The van der Waals surface area contributed by atoms with Crippen LogP contribution in [-0.2, 0) is 6.54 Å². The molecule has 4 aromatic heterocycles. The second-order valence-electron chi connectivity index (χ2n) is 8.67. The number of para-hydroxylation sites is 2. The number of aryl methyl sites for hydroxylation is 3. The van der Waals surface area contributed by atoms with E-state index in [-0.39, 0.29) is 0 Å². The van der Waals surface area contributed by atoms with Crippen LogP contribution in [0.15, 0.2) is 54.9 Å². The van der Waals surface area contributed by atoms with Gasteiger partial charge >= 0.3 is 0 Å². The standard InChI is InChI=1S/C25H24N8/c1-15-28-22(13-24(29-15)33-17(3)27-16(2)31-33)19-12-20(19)25-30-21-6-4-5-7-23(21)32(25)14-18-8-10-26-11-9-18/h4-11,13,19-20H,12,14H2,1-3H3. The number of rotatable bonds is 5. The van der Waals surface area contributed by atoms with Gasteiger partial charge < -0.3 is 4.57 Å². The minimum absolute atomic E-state index is 0.309. The van der Waals surface area contributed by atoms with Crippen LogP contribution >= 0.6 is 0 Å². The molecule has 6 rings (SSSR count). The van der Waals surface area contributed by atoms with Crippen LogP contribution in [0.4, 0.5) is 0 Å². The Bertz CT molecular complexity index is 1470. The normalized spacial score (nSPS) is 17.5. The molecule has 1 aromatic carbocycles. The number of imidazole rings is 1. The highest BCUT2D eigenvalue weighted by molar-refractivity contribution is 5.76. The number of hydrogen-bond donors (Lipinski definition) is 0. The van der Waals surface area contributed by atoms with E-state index in [0.717, 1.165) is 58.8 Å². The number of fused-ring (bicyclic) bond motifs is 1. The van der Waals surface area contributed by atoms with E-state index in [9.17, 15) is 0 Å². The average molecular weight is 437 g/mol. The van der Waals surface area contributed by atoms with E-state index in [2.05, 4.69) is 61.0 Å². The first-order valence-electron chi connectivity index (χ1n) is 11.2. The van der Waals surface area contributed by atoms with Crippen LogP contribution in [0.2, 0.25) is 0 Å². The Morgan fingerprint density at radius 2 is 1.70 bits per heavy atom. The number of nitrogens with zero attached hydrogens (tertiary/aromatic N) is 8. The van der Waals surface area contributed by atoms with Crippen LogP contribution in [0.25, 0.3) is 16.9 Å². The molecule has 1 aliphatic carbocycles. The van der Waals surface area contributed by atoms with Crippen molar-refractivity contribution in [2.24, 2.45) is 0 Å². The van der Waals surface area contributed by atoms with Crippen molar-refractivity contribution in [2.45, 2.75) is 45.6 Å². The van der Waals surface area contributed by atoms with Crippen molar-refractivity contribution >= 4 is 11.0 Å². The molecule has 8 heteroatoms. The maximum atomic E-state index is 5.04. The molecule has 0 amide bonds. The summed E-state index contributed by atoms with van der Waals surface area (Å²) in [6.07, 6.45) is 4.70. The molecule has 1 aliphatic rings. The van der Waals surface area contributed by atoms with Crippen LogP contribution in [0.5, 0.6) is 0 Å². The van der Waals surface area contributed by atoms with Gasteiger partial charge in [0.25, 0.3) is 0 Å². The topological polar surface area (TPSA) is 87.2 Å². The van der Waals surface area contributed by atoms with E-state index in [0.29, 0.717) is 11.8 Å². The molecular formula is C25H24N8. The Morgan fingerprint density at radius 1 is 0.879 bits per heavy atom. The summed E-state index contributed by atoms with van der Waals surface area (Å²) < 4.78 is 4.14. The van der Waals surface area contributed by atoms with Gasteiger partial charge in [-0.05, 0) is 57.0 Å². The van der Waals surface area contributed by atoms with Crippen molar-refractivity contribution < 1.29 is 0 Å². The Labute approximate surface area is 191 Å². The fourth-order valence-electron chi connectivity index (χ4n) is 4.63. The molecule has 0 spiro atoms. The van der Waals surface area contributed by atoms with Crippen molar-refractivity contribution in [1.29, 1.82) is 0 Å². The Kier molecular flexibility index (Phi) is 4.53. The van der Waals surface area contributed by atoms with Crippen molar-refractivity contribution in [3.8, 4) is 5.82 Å². The molecular weight excluding hydrogens is 412 g/mol. The van der Waals surface area contributed by atoms with Gasteiger partial charge in [-0.1, -0.05) is 12.1 Å². The van der Waals surface area contributed by atoms with E-state index >= 15 is 0 Å². The summed E-state index contributed by atoms with van der Waals surface area (Å²) in [4.78, 5) is 23.0. The van der Waals surface area contributed by atoms with Gasteiger partial charge in [0.1, 0.15) is 23.3 Å². The molecule has 164 valence electrons. The first-order chi connectivity index (χ1) is 16.1. The van der Waals surface area contributed by atoms with Gasteiger partial charge in [0.2, 0.25) is 0 Å². The molecule has 2 unspecified atom stereocenters. The summed E-state index contributed by atoms with van der Waals surface area (Å²) in [5.41, 5.74) is 4.44. The van der Waals surface area contributed by atoms with Crippen LogP contribution in [0.1, 0.15) is 52.8 Å². The zero-order valence-corrected chi connectivity index (χ0v) is 18.8. The van der Waals surface area contributed by atoms with Crippen LogP contribution in [0, 0.1) is 20.8 Å². The lowest BCUT2D eigenvalue weighted by Crippen LogP contribution is -2.07. The molecule has 0 bridgehead atoms. The molecule has 4 heterocycles. The average Bonchev–Trinajstić information content (AvgIpc) is 3.43. The maximum absolute atomic E-state index is 5.04. The third-order valence-electron chi connectivity index (χ3n) is 6.21. The highest BCUT2D eigenvalue weighted by Gasteiger charge is 2.44. The summed E-state index contributed by atoms with van der Waals surface area (Å²) in [7, 11) is 0. The summed E-state index contributed by atoms with van der Waals surface area (Å²) >= 11 is 0. The van der Waals surface area contributed by atoms with Gasteiger partial charge in [-0.2, -0.15) is 4.68 Å². The maximum Gasteiger partial charge on any atom is 0.159 e. The Morgan fingerprint density at radius 3 is 2.48 bits per heavy atom. The summed E-state index contributed by atoms with van der Waals surface area (Å²) in [5, 5.41) is 4.50. The molecule has 0 N–H and O–H groups in total. The SMILES string of the molecule is Cc1nc(C2CC2c2nc3ccccc3n2Cc2ccncc2)cc(-n2nc(C)nc2C)n1. The number of hydrogen-bond acceptors (Lipinski definition) is 6. The molecule has 8 nitrogen and oxygen atoms in total. The smallest absolute Gasteiger partial charge is 0.159 e. The van der Waals surface area contributed by atoms with Gasteiger partial charge in [0.15, 0.2) is 5.82 Å². The summed E-state index contributed by atoms with van der Waals surface area (Å²) in [6.45, 7) is 6.54. The highest BCUT2D eigenvalue weighted by atomic mass is 15.4. The lowest BCUT2D eigenvalue weighted by atomic mass is 10.2. The minimum Gasteiger partial charge on any atom is -0.323 e. The Hall–Kier alpha value is -3.94. The molecule has 0 saturated heterocycles. The third-order valence-corrected chi connectivity index (χ3v) is 6.21. The van der Waals surface area contributed by atoms with Crippen LogP contribution < -0.4 is 0 Å². The quantitative estimate of drug-likeness (QED) is 0.413. The number of pyridine rings is 1. The van der Waals surface area contributed by atoms with Crippen molar-refractivity contribution in [2.75, 3.05) is 0 Å². The minimum atomic E-state index is 0.309. The van der Waals surface area contributed by atoms with Gasteiger partial charge in [0, 0.05) is 36.8 Å². The predicted octanol–water partition coefficient (Wildman–Crippen LogP) is 4.05. The van der Waals surface area contributed by atoms with Gasteiger partial charge in [0.05, 0.1) is 16.7 Å². The fourth-order valence-corrected chi connectivity index (χ4v) is 4.63. The van der Waals surface area contributed by atoms with Crippen LogP contribution in [0.3, 0.4) is 0 Å². The predicted molar refractivity (Wildman–Crippen MR) is 124 cm³/mol. The lowest BCUT2D eigenvalue weighted by Gasteiger charge is -2.10. The molecule has 2 atom stereocenters. The van der Waals surface area contributed by atoms with E-state index in [4.69, 9.17) is 9.97 Å². The molecule has 0 aliphatic heterocycles. The molecule has 0 radical (unpaired) electrons. The Balaban J connectivity index is 1.37. The summed E-state index contributed by atoms with van der Waals surface area (Å²) in [5.74, 6) is 4.81. The largest absolute Gasteiger partial charge is 0.323 e. The monoisotopic (exact) mass is 436 g/mol. The fraction of sp³-hybridized carbons (Fsp3) is 0.280. The third kappa shape index (κ3) is 3.57. The van der Waals surface area contributed by atoms with Crippen molar-refractivity contribution in [3.63, 3.8) is 0 Å².